The number of nitro benzene ring substituents is 1. The number of nitro groups is 1. The fourth-order valence-electron chi connectivity index (χ4n) is 2.15. The Labute approximate surface area is 145 Å². The Morgan fingerprint density at radius 2 is 2.08 bits per heavy atom. The van der Waals surface area contributed by atoms with Gasteiger partial charge >= 0.3 is 0 Å². The number of thiazole rings is 1. The number of hydrogen-bond donors (Lipinski definition) is 1. The highest BCUT2D eigenvalue weighted by Crippen LogP contribution is 2.22. The lowest BCUT2D eigenvalue weighted by atomic mass is 10.2. The standard InChI is InChI=1S/C15H11ClN4O3S/c1-19-12-4-2-3-5-13(12)24-15(19)18-17-14(21)10-8-9(20(22)23)6-7-11(10)16/h2-8H,1H3,(H,17,21)/b18-15+. The number of para-hydroxylation sites is 1. The molecule has 0 fully saturated rings. The molecule has 0 spiro atoms. The van der Waals surface area contributed by atoms with Gasteiger partial charge in [-0.1, -0.05) is 35.1 Å². The summed E-state index contributed by atoms with van der Waals surface area (Å²) in [6, 6.07) is 11.4. The minimum atomic E-state index is -0.610. The van der Waals surface area contributed by atoms with Gasteiger partial charge in [0.15, 0.2) is 0 Å². The Morgan fingerprint density at radius 3 is 2.79 bits per heavy atom. The molecule has 0 aliphatic carbocycles. The van der Waals surface area contributed by atoms with E-state index < -0.39 is 10.8 Å². The first-order valence-corrected chi connectivity index (χ1v) is 7.99. The van der Waals surface area contributed by atoms with Gasteiger partial charge in [-0.2, -0.15) is 0 Å². The minimum Gasteiger partial charge on any atom is -0.318 e. The van der Waals surface area contributed by atoms with Crippen molar-refractivity contribution < 1.29 is 9.72 Å². The third kappa shape index (κ3) is 3.01. The normalized spacial score (nSPS) is 11.7. The minimum absolute atomic E-state index is 0.00150. The summed E-state index contributed by atoms with van der Waals surface area (Å²) in [7, 11) is 1.84. The summed E-state index contributed by atoms with van der Waals surface area (Å²) in [5, 5.41) is 15.0. The van der Waals surface area contributed by atoms with Crippen molar-refractivity contribution in [1.82, 2.24) is 9.99 Å². The number of aromatic nitrogens is 1. The van der Waals surface area contributed by atoms with E-state index in [1.54, 1.807) is 0 Å². The van der Waals surface area contributed by atoms with E-state index in [9.17, 15) is 14.9 Å². The molecule has 122 valence electrons. The van der Waals surface area contributed by atoms with Gasteiger partial charge in [0.1, 0.15) is 0 Å². The highest BCUT2D eigenvalue weighted by Gasteiger charge is 2.15. The Hall–Kier alpha value is -2.71. The van der Waals surface area contributed by atoms with Crippen LogP contribution in [0.4, 0.5) is 5.69 Å². The van der Waals surface area contributed by atoms with Crippen molar-refractivity contribution in [2.75, 3.05) is 0 Å². The maximum Gasteiger partial charge on any atom is 0.273 e. The van der Waals surface area contributed by atoms with Crippen LogP contribution in [0.5, 0.6) is 0 Å². The van der Waals surface area contributed by atoms with Crippen LogP contribution in [0, 0.1) is 10.1 Å². The van der Waals surface area contributed by atoms with Crippen molar-refractivity contribution in [3.8, 4) is 0 Å². The Balaban J connectivity index is 1.93. The number of amides is 1. The molecule has 0 atom stereocenters. The van der Waals surface area contributed by atoms with Crippen molar-refractivity contribution in [3.05, 3.63) is 68.0 Å². The molecule has 0 aliphatic heterocycles. The van der Waals surface area contributed by atoms with Crippen LogP contribution in [-0.2, 0) is 7.05 Å². The molecule has 1 amide bonds. The predicted molar refractivity (Wildman–Crippen MR) is 91.9 cm³/mol. The molecule has 0 aliphatic rings. The molecule has 7 nitrogen and oxygen atoms in total. The number of non-ortho nitro benzene ring substituents is 1. The van der Waals surface area contributed by atoms with E-state index in [2.05, 4.69) is 10.5 Å². The Morgan fingerprint density at radius 1 is 1.33 bits per heavy atom. The Bertz CT molecular complexity index is 1020. The smallest absolute Gasteiger partial charge is 0.273 e. The number of halogens is 1. The molecule has 1 heterocycles. The molecular weight excluding hydrogens is 352 g/mol. The summed E-state index contributed by atoms with van der Waals surface area (Å²) in [4.78, 5) is 23.0. The number of aryl methyl sites for hydroxylation is 1. The first kappa shape index (κ1) is 16.2. The van der Waals surface area contributed by atoms with Crippen LogP contribution in [0.3, 0.4) is 0 Å². The summed E-state index contributed by atoms with van der Waals surface area (Å²) in [5.74, 6) is -0.610. The lowest BCUT2D eigenvalue weighted by Gasteiger charge is -2.02. The lowest BCUT2D eigenvalue weighted by Crippen LogP contribution is -2.23. The van der Waals surface area contributed by atoms with Gasteiger partial charge in [-0.15, -0.1) is 5.10 Å². The third-order valence-electron chi connectivity index (χ3n) is 3.37. The van der Waals surface area contributed by atoms with Crippen molar-refractivity contribution in [3.63, 3.8) is 0 Å². The first-order valence-electron chi connectivity index (χ1n) is 6.80. The molecule has 2 aromatic carbocycles. The molecule has 0 radical (unpaired) electrons. The van der Waals surface area contributed by atoms with Crippen molar-refractivity contribution in [2.45, 2.75) is 0 Å². The van der Waals surface area contributed by atoms with Crippen LogP contribution >= 0.6 is 22.9 Å². The zero-order valence-electron chi connectivity index (χ0n) is 12.4. The number of carbonyl (C=O) groups excluding carboxylic acids is 1. The van der Waals surface area contributed by atoms with Crippen LogP contribution in [0.2, 0.25) is 5.02 Å². The number of fused-ring (bicyclic) bond motifs is 1. The number of rotatable bonds is 3. The number of hydrogen-bond acceptors (Lipinski definition) is 5. The van der Waals surface area contributed by atoms with Gasteiger partial charge in [-0.05, 0) is 18.2 Å². The summed E-state index contributed by atoms with van der Waals surface area (Å²) in [6.07, 6.45) is 0. The number of benzene rings is 2. The van der Waals surface area contributed by atoms with Crippen molar-refractivity contribution >= 4 is 44.7 Å². The van der Waals surface area contributed by atoms with E-state index >= 15 is 0 Å². The summed E-state index contributed by atoms with van der Waals surface area (Å²) < 4.78 is 2.87. The zero-order valence-corrected chi connectivity index (χ0v) is 14.0. The topological polar surface area (TPSA) is 89.5 Å². The number of nitrogens with one attached hydrogen (secondary N) is 1. The molecule has 0 saturated heterocycles. The van der Waals surface area contributed by atoms with Gasteiger partial charge in [0.05, 0.1) is 25.7 Å². The van der Waals surface area contributed by atoms with Gasteiger partial charge in [0.2, 0.25) is 4.80 Å². The van der Waals surface area contributed by atoms with E-state index in [0.717, 1.165) is 16.3 Å². The molecule has 3 aromatic rings. The molecule has 3 rings (SSSR count). The van der Waals surface area contributed by atoms with Gasteiger partial charge in [0, 0.05) is 19.2 Å². The quantitative estimate of drug-likeness (QED) is 0.573. The average molecular weight is 363 g/mol. The highest BCUT2D eigenvalue weighted by molar-refractivity contribution is 7.16. The summed E-state index contributed by atoms with van der Waals surface area (Å²) >= 11 is 7.36. The van der Waals surface area contributed by atoms with Gasteiger partial charge in [-0.25, -0.2) is 5.43 Å². The highest BCUT2D eigenvalue weighted by atomic mass is 35.5. The molecule has 9 heteroatoms. The molecule has 0 saturated carbocycles. The SMILES string of the molecule is Cn1/c(=N\NC(=O)c2cc([N+](=O)[O-])ccc2Cl)sc2ccccc21. The van der Waals surface area contributed by atoms with Crippen molar-refractivity contribution in [2.24, 2.45) is 12.1 Å². The van der Waals surface area contributed by atoms with E-state index in [4.69, 9.17) is 11.6 Å². The Kier molecular flexibility index (Phi) is 4.32. The van der Waals surface area contributed by atoms with E-state index in [-0.39, 0.29) is 16.3 Å². The molecule has 24 heavy (non-hydrogen) atoms. The van der Waals surface area contributed by atoms with E-state index in [1.807, 2.05) is 35.9 Å². The fourth-order valence-corrected chi connectivity index (χ4v) is 3.33. The number of carbonyl (C=O) groups is 1. The molecular formula is C15H11ClN4O3S. The average Bonchev–Trinajstić information content (AvgIpc) is 2.89. The lowest BCUT2D eigenvalue weighted by molar-refractivity contribution is -0.384. The van der Waals surface area contributed by atoms with Crippen LogP contribution in [0.15, 0.2) is 47.6 Å². The predicted octanol–water partition coefficient (Wildman–Crippen LogP) is 3.05. The monoisotopic (exact) mass is 362 g/mol. The summed E-state index contributed by atoms with van der Waals surface area (Å²) in [6.45, 7) is 0. The first-order chi connectivity index (χ1) is 11.5. The van der Waals surface area contributed by atoms with Crippen LogP contribution in [0.25, 0.3) is 10.2 Å². The largest absolute Gasteiger partial charge is 0.318 e. The molecule has 1 N–H and O–H groups in total. The van der Waals surface area contributed by atoms with E-state index in [1.165, 1.54) is 23.5 Å². The van der Waals surface area contributed by atoms with Gasteiger partial charge in [0.25, 0.3) is 11.6 Å². The second-order valence-electron chi connectivity index (χ2n) is 4.89. The van der Waals surface area contributed by atoms with Gasteiger partial charge in [-0.3, -0.25) is 14.9 Å². The van der Waals surface area contributed by atoms with Crippen LogP contribution < -0.4 is 10.2 Å². The van der Waals surface area contributed by atoms with Crippen LogP contribution in [0.1, 0.15) is 10.4 Å². The molecule has 0 bridgehead atoms. The zero-order chi connectivity index (χ0) is 17.3. The maximum absolute atomic E-state index is 12.2. The number of nitrogens with zero attached hydrogens (tertiary/aromatic N) is 3. The maximum atomic E-state index is 12.2. The second-order valence-corrected chi connectivity index (χ2v) is 6.30. The second kappa shape index (κ2) is 6.42. The summed E-state index contributed by atoms with van der Waals surface area (Å²) in [5.41, 5.74) is 3.17. The van der Waals surface area contributed by atoms with Crippen LogP contribution in [-0.4, -0.2) is 15.4 Å². The van der Waals surface area contributed by atoms with Crippen molar-refractivity contribution in [1.29, 1.82) is 0 Å². The molecule has 0 unspecified atom stereocenters. The van der Waals surface area contributed by atoms with Gasteiger partial charge < -0.3 is 4.57 Å². The van der Waals surface area contributed by atoms with E-state index in [0.29, 0.717) is 4.80 Å². The fraction of sp³-hybridized carbons (Fsp3) is 0.0667. The molecule has 1 aromatic heterocycles. The third-order valence-corrected chi connectivity index (χ3v) is 4.82.